The lowest BCUT2D eigenvalue weighted by Crippen LogP contribution is -2.28. The van der Waals surface area contributed by atoms with E-state index >= 15 is 0 Å². The normalized spacial score (nSPS) is 11.4. The van der Waals surface area contributed by atoms with Crippen molar-refractivity contribution in [3.63, 3.8) is 0 Å². The molecule has 5 nitrogen and oxygen atoms in total. The number of carbonyl (C=O) groups excluding carboxylic acids is 2. The molecule has 4 aromatic carbocycles. The van der Waals surface area contributed by atoms with Crippen LogP contribution in [0.4, 0.5) is 0 Å². The molecule has 0 fully saturated rings. The molecule has 5 rings (SSSR count). The van der Waals surface area contributed by atoms with Crippen molar-refractivity contribution in [2.45, 2.75) is 46.6 Å². The van der Waals surface area contributed by atoms with Gasteiger partial charge in [0.1, 0.15) is 12.1 Å². The highest BCUT2D eigenvalue weighted by Gasteiger charge is 2.18. The summed E-state index contributed by atoms with van der Waals surface area (Å²) < 4.78 is 0. The Morgan fingerprint density at radius 3 is 2.33 bits per heavy atom. The van der Waals surface area contributed by atoms with Gasteiger partial charge in [-0.25, -0.2) is 4.98 Å². The van der Waals surface area contributed by atoms with Gasteiger partial charge in [-0.1, -0.05) is 73.5 Å². The number of para-hydroxylation sites is 1. The predicted octanol–water partition coefficient (Wildman–Crippen LogP) is 8.64. The van der Waals surface area contributed by atoms with Crippen LogP contribution in [0.15, 0.2) is 84.9 Å². The van der Waals surface area contributed by atoms with E-state index < -0.39 is 0 Å². The van der Waals surface area contributed by atoms with E-state index in [9.17, 15) is 4.79 Å². The van der Waals surface area contributed by atoms with Crippen LogP contribution in [0.2, 0.25) is 5.02 Å². The first kappa shape index (κ1) is 28.8. The van der Waals surface area contributed by atoms with Gasteiger partial charge in [0.05, 0.1) is 17.1 Å². The third-order valence-corrected chi connectivity index (χ3v) is 7.05. The van der Waals surface area contributed by atoms with E-state index in [0.717, 1.165) is 69.4 Å². The van der Waals surface area contributed by atoms with Crippen LogP contribution in [0.3, 0.4) is 0 Å². The van der Waals surface area contributed by atoms with Gasteiger partial charge in [-0.2, -0.15) is 0 Å². The van der Waals surface area contributed by atoms with Crippen LogP contribution in [0.25, 0.3) is 33.5 Å². The van der Waals surface area contributed by atoms with Crippen molar-refractivity contribution >= 4 is 34.8 Å². The molecule has 40 heavy (non-hydrogen) atoms. The fourth-order valence-corrected chi connectivity index (χ4v) is 5.07. The molecular weight excluding hydrogens is 518 g/mol. The number of aryl methyl sites for hydroxylation is 2. The standard InChI is InChI=1S/C32H30ClN3O.C2H4O/c1-4-9-28(22-11-6-5-7-12-22)35-32(37)23-14-16-25(21(3)18-23)27-19-24(33)15-17-26(27)31-34-29-13-8-10-20(2)30(29)36-31;1-2-3/h5-8,10-19,28H,4,9H2,1-3H3,(H,34,36)(H,35,37);2H,1H3/t28-;/m1./s1. The number of halogens is 1. The zero-order chi connectivity index (χ0) is 28.6. The third-order valence-electron chi connectivity index (χ3n) is 6.81. The Balaban J connectivity index is 0.00000118. The first-order valence-electron chi connectivity index (χ1n) is 13.5. The smallest absolute Gasteiger partial charge is 0.251 e. The number of aldehydes is 1. The van der Waals surface area contributed by atoms with Crippen molar-refractivity contribution < 1.29 is 9.59 Å². The van der Waals surface area contributed by atoms with E-state index in [1.807, 2.05) is 73.7 Å². The first-order chi connectivity index (χ1) is 19.4. The van der Waals surface area contributed by atoms with E-state index in [1.165, 1.54) is 6.92 Å². The number of carbonyl (C=O) groups is 2. The first-order valence-corrected chi connectivity index (χ1v) is 13.9. The Bertz CT molecular complexity index is 1630. The number of rotatable bonds is 7. The molecule has 6 heteroatoms. The van der Waals surface area contributed by atoms with Crippen molar-refractivity contribution in [3.05, 3.63) is 112 Å². The average molecular weight is 552 g/mol. The van der Waals surface area contributed by atoms with Crippen LogP contribution in [-0.2, 0) is 4.79 Å². The zero-order valence-electron chi connectivity index (χ0n) is 23.3. The number of aromatic amines is 1. The largest absolute Gasteiger partial charge is 0.345 e. The molecule has 204 valence electrons. The van der Waals surface area contributed by atoms with Crippen molar-refractivity contribution in [3.8, 4) is 22.5 Å². The van der Waals surface area contributed by atoms with Gasteiger partial charge in [-0.05, 0) is 91.4 Å². The molecule has 0 saturated heterocycles. The highest BCUT2D eigenvalue weighted by Crippen LogP contribution is 2.36. The molecule has 1 aromatic heterocycles. The maximum absolute atomic E-state index is 13.2. The van der Waals surface area contributed by atoms with Crippen LogP contribution in [0.5, 0.6) is 0 Å². The van der Waals surface area contributed by atoms with Crippen LogP contribution >= 0.6 is 11.6 Å². The highest BCUT2D eigenvalue weighted by molar-refractivity contribution is 6.31. The zero-order valence-corrected chi connectivity index (χ0v) is 24.0. The molecule has 0 radical (unpaired) electrons. The summed E-state index contributed by atoms with van der Waals surface area (Å²) in [6, 6.07) is 27.9. The van der Waals surface area contributed by atoms with Gasteiger partial charge in [0, 0.05) is 16.1 Å². The topological polar surface area (TPSA) is 74.8 Å². The summed E-state index contributed by atoms with van der Waals surface area (Å²) in [7, 11) is 0. The summed E-state index contributed by atoms with van der Waals surface area (Å²) in [5.41, 5.74) is 8.79. The summed E-state index contributed by atoms with van der Waals surface area (Å²) in [5.74, 6) is 0.721. The van der Waals surface area contributed by atoms with E-state index in [0.29, 0.717) is 10.6 Å². The Morgan fingerprint density at radius 1 is 0.925 bits per heavy atom. The number of amides is 1. The number of aromatic nitrogens is 2. The second kappa shape index (κ2) is 13.2. The molecule has 0 aliphatic heterocycles. The second-order valence-corrected chi connectivity index (χ2v) is 10.2. The minimum absolute atomic E-state index is 0.0187. The van der Waals surface area contributed by atoms with Crippen molar-refractivity contribution in [1.29, 1.82) is 0 Å². The van der Waals surface area contributed by atoms with Crippen molar-refractivity contribution in [2.75, 3.05) is 0 Å². The van der Waals surface area contributed by atoms with Crippen LogP contribution in [0, 0.1) is 13.8 Å². The number of benzene rings is 4. The number of hydrogen-bond acceptors (Lipinski definition) is 3. The van der Waals surface area contributed by atoms with Gasteiger partial charge < -0.3 is 15.1 Å². The maximum atomic E-state index is 13.2. The fourth-order valence-electron chi connectivity index (χ4n) is 4.89. The summed E-state index contributed by atoms with van der Waals surface area (Å²) >= 11 is 6.44. The van der Waals surface area contributed by atoms with Crippen LogP contribution in [0.1, 0.15) is 59.8 Å². The van der Waals surface area contributed by atoms with Crippen LogP contribution < -0.4 is 5.32 Å². The minimum atomic E-state index is -0.0731. The predicted molar refractivity (Wildman–Crippen MR) is 165 cm³/mol. The molecular formula is C34H34ClN3O2. The van der Waals surface area contributed by atoms with Gasteiger partial charge in [0.15, 0.2) is 0 Å². The summed E-state index contributed by atoms with van der Waals surface area (Å²) in [6.45, 7) is 7.67. The molecule has 0 spiro atoms. The summed E-state index contributed by atoms with van der Waals surface area (Å²) in [6.07, 6.45) is 2.62. The SMILES string of the molecule is CC=O.CCC[C@@H](NC(=O)c1ccc(-c2cc(Cl)ccc2-c2nc3c(C)cccc3[nH]2)c(C)c1)c1ccccc1. The maximum Gasteiger partial charge on any atom is 0.251 e. The molecule has 0 aliphatic rings. The number of imidazole rings is 1. The summed E-state index contributed by atoms with van der Waals surface area (Å²) in [5, 5.41) is 3.88. The molecule has 1 amide bonds. The van der Waals surface area contributed by atoms with E-state index in [1.54, 1.807) is 0 Å². The number of nitrogens with one attached hydrogen (secondary N) is 2. The molecule has 0 bridgehead atoms. The van der Waals surface area contributed by atoms with Gasteiger partial charge in [-0.15, -0.1) is 0 Å². The highest BCUT2D eigenvalue weighted by atomic mass is 35.5. The Kier molecular flexibility index (Phi) is 9.52. The third kappa shape index (κ3) is 6.49. The lowest BCUT2D eigenvalue weighted by Gasteiger charge is -2.19. The second-order valence-electron chi connectivity index (χ2n) is 9.74. The monoisotopic (exact) mass is 551 g/mol. The Hall–Kier alpha value is -4.22. The lowest BCUT2D eigenvalue weighted by atomic mass is 9.94. The van der Waals surface area contributed by atoms with Crippen molar-refractivity contribution in [1.82, 2.24) is 15.3 Å². The molecule has 0 unspecified atom stereocenters. The average Bonchev–Trinajstić information content (AvgIpc) is 3.39. The van der Waals surface area contributed by atoms with Gasteiger partial charge in [-0.3, -0.25) is 4.79 Å². The number of H-pyrrole nitrogens is 1. The molecule has 1 atom stereocenters. The number of nitrogens with zero attached hydrogens (tertiary/aromatic N) is 1. The lowest BCUT2D eigenvalue weighted by molar-refractivity contribution is -0.106. The van der Waals surface area contributed by atoms with Crippen molar-refractivity contribution in [2.24, 2.45) is 0 Å². The number of fused-ring (bicyclic) bond motifs is 1. The molecule has 0 saturated carbocycles. The molecule has 1 heterocycles. The van der Waals surface area contributed by atoms with E-state index in [4.69, 9.17) is 21.4 Å². The quantitative estimate of drug-likeness (QED) is 0.199. The molecule has 5 aromatic rings. The van der Waals surface area contributed by atoms with Crippen LogP contribution in [-0.4, -0.2) is 22.2 Å². The fraction of sp³-hybridized carbons (Fsp3) is 0.206. The number of hydrogen-bond donors (Lipinski definition) is 2. The Labute approximate surface area is 240 Å². The van der Waals surface area contributed by atoms with Gasteiger partial charge in [0.2, 0.25) is 0 Å². The van der Waals surface area contributed by atoms with Gasteiger partial charge >= 0.3 is 0 Å². The molecule has 0 aliphatic carbocycles. The summed E-state index contributed by atoms with van der Waals surface area (Å²) in [4.78, 5) is 30.4. The minimum Gasteiger partial charge on any atom is -0.345 e. The van der Waals surface area contributed by atoms with E-state index in [-0.39, 0.29) is 11.9 Å². The molecule has 2 N–H and O–H groups in total. The van der Waals surface area contributed by atoms with Gasteiger partial charge in [0.25, 0.3) is 5.91 Å². The van der Waals surface area contributed by atoms with E-state index in [2.05, 4.69) is 42.3 Å². The Morgan fingerprint density at radius 2 is 1.65 bits per heavy atom.